The second-order valence-corrected chi connectivity index (χ2v) is 5.85. The fourth-order valence-corrected chi connectivity index (χ4v) is 3.22. The second-order valence-electron chi connectivity index (χ2n) is 4.93. The van der Waals surface area contributed by atoms with Crippen LogP contribution in [-0.2, 0) is 0 Å². The van der Waals surface area contributed by atoms with Gasteiger partial charge < -0.3 is 4.90 Å². The summed E-state index contributed by atoms with van der Waals surface area (Å²) in [6.07, 6.45) is 8.05. The van der Waals surface area contributed by atoms with Gasteiger partial charge in [-0.2, -0.15) is 0 Å². The number of hydrogen-bond acceptors (Lipinski definition) is 3. The zero-order chi connectivity index (χ0) is 13.2. The van der Waals surface area contributed by atoms with Crippen molar-refractivity contribution in [3.05, 3.63) is 52.4 Å². The van der Waals surface area contributed by atoms with Crippen molar-refractivity contribution in [2.45, 2.75) is 25.8 Å². The SMILES string of the molecule is Cc1cc(Br)cnc1N1CCCC1c1cccnc1. The van der Waals surface area contributed by atoms with Crippen LogP contribution in [0.1, 0.15) is 30.0 Å². The largest absolute Gasteiger partial charge is 0.349 e. The summed E-state index contributed by atoms with van der Waals surface area (Å²) >= 11 is 3.47. The molecule has 4 heteroatoms. The molecule has 0 spiro atoms. The van der Waals surface area contributed by atoms with Gasteiger partial charge in [-0.1, -0.05) is 6.07 Å². The van der Waals surface area contributed by atoms with Crippen LogP contribution in [0.4, 0.5) is 5.82 Å². The molecule has 0 amide bonds. The molecular weight excluding hydrogens is 302 g/mol. The quantitative estimate of drug-likeness (QED) is 0.841. The van der Waals surface area contributed by atoms with E-state index in [0.29, 0.717) is 6.04 Å². The molecule has 1 atom stereocenters. The minimum absolute atomic E-state index is 0.404. The van der Waals surface area contributed by atoms with Crippen LogP contribution in [0.2, 0.25) is 0 Å². The lowest BCUT2D eigenvalue weighted by atomic mass is 10.1. The fraction of sp³-hybridized carbons (Fsp3) is 0.333. The number of rotatable bonds is 2. The minimum Gasteiger partial charge on any atom is -0.349 e. The van der Waals surface area contributed by atoms with E-state index in [4.69, 9.17) is 0 Å². The highest BCUT2D eigenvalue weighted by Gasteiger charge is 2.28. The summed E-state index contributed by atoms with van der Waals surface area (Å²) in [6.45, 7) is 3.18. The van der Waals surface area contributed by atoms with Gasteiger partial charge in [-0.25, -0.2) is 4.98 Å². The molecule has 0 aliphatic carbocycles. The third kappa shape index (κ3) is 2.50. The number of hydrogen-bond donors (Lipinski definition) is 0. The van der Waals surface area contributed by atoms with Gasteiger partial charge in [0.15, 0.2) is 0 Å². The van der Waals surface area contributed by atoms with E-state index in [1.54, 1.807) is 0 Å². The van der Waals surface area contributed by atoms with Gasteiger partial charge in [0, 0.05) is 29.6 Å². The predicted molar refractivity (Wildman–Crippen MR) is 80.2 cm³/mol. The van der Waals surface area contributed by atoms with Crippen LogP contribution in [0, 0.1) is 6.92 Å². The van der Waals surface area contributed by atoms with Crippen LogP contribution < -0.4 is 4.90 Å². The molecular formula is C15H16BrN3. The summed E-state index contributed by atoms with van der Waals surface area (Å²) in [5, 5.41) is 0. The summed E-state index contributed by atoms with van der Waals surface area (Å²) in [7, 11) is 0. The van der Waals surface area contributed by atoms with Crippen molar-refractivity contribution in [2.24, 2.45) is 0 Å². The maximum absolute atomic E-state index is 4.59. The molecule has 0 saturated carbocycles. The van der Waals surface area contributed by atoms with Gasteiger partial charge in [0.1, 0.15) is 5.82 Å². The summed E-state index contributed by atoms with van der Waals surface area (Å²) < 4.78 is 1.03. The predicted octanol–water partition coefficient (Wildman–Crippen LogP) is 3.89. The van der Waals surface area contributed by atoms with Crippen LogP contribution in [0.25, 0.3) is 0 Å². The Kier molecular flexibility index (Phi) is 3.51. The Morgan fingerprint density at radius 1 is 1.37 bits per heavy atom. The van der Waals surface area contributed by atoms with Crippen molar-refractivity contribution >= 4 is 21.7 Å². The van der Waals surface area contributed by atoms with Crippen molar-refractivity contribution in [3.63, 3.8) is 0 Å². The van der Waals surface area contributed by atoms with Crippen LogP contribution in [0.3, 0.4) is 0 Å². The van der Waals surface area contributed by atoms with E-state index in [9.17, 15) is 0 Å². The molecule has 3 heterocycles. The Morgan fingerprint density at radius 2 is 2.26 bits per heavy atom. The monoisotopic (exact) mass is 317 g/mol. The minimum atomic E-state index is 0.404. The maximum atomic E-state index is 4.59. The lowest BCUT2D eigenvalue weighted by Gasteiger charge is -2.27. The first-order chi connectivity index (χ1) is 9.25. The Morgan fingerprint density at radius 3 is 3.00 bits per heavy atom. The Bertz CT molecular complexity index is 571. The van der Waals surface area contributed by atoms with E-state index in [-0.39, 0.29) is 0 Å². The van der Waals surface area contributed by atoms with Crippen molar-refractivity contribution in [2.75, 3.05) is 11.4 Å². The first-order valence-electron chi connectivity index (χ1n) is 6.54. The molecule has 2 aromatic rings. The number of anilines is 1. The number of aromatic nitrogens is 2. The topological polar surface area (TPSA) is 29.0 Å². The van der Waals surface area contributed by atoms with Gasteiger partial charge in [0.2, 0.25) is 0 Å². The second kappa shape index (κ2) is 5.29. The lowest BCUT2D eigenvalue weighted by Crippen LogP contribution is -2.24. The summed E-state index contributed by atoms with van der Waals surface area (Å²) in [5.41, 5.74) is 2.49. The molecule has 98 valence electrons. The van der Waals surface area contributed by atoms with E-state index in [1.165, 1.54) is 24.0 Å². The molecule has 1 aliphatic heterocycles. The zero-order valence-corrected chi connectivity index (χ0v) is 12.5. The third-order valence-corrected chi connectivity index (χ3v) is 4.04. The van der Waals surface area contributed by atoms with Gasteiger partial charge in [0.25, 0.3) is 0 Å². The molecule has 2 aromatic heterocycles. The zero-order valence-electron chi connectivity index (χ0n) is 10.9. The van der Waals surface area contributed by atoms with Gasteiger partial charge in [0.05, 0.1) is 6.04 Å². The van der Waals surface area contributed by atoms with E-state index >= 15 is 0 Å². The van der Waals surface area contributed by atoms with Gasteiger partial charge in [-0.15, -0.1) is 0 Å². The average Bonchev–Trinajstić information content (AvgIpc) is 2.89. The number of aryl methyl sites for hydroxylation is 1. The Labute approximate surface area is 121 Å². The fourth-order valence-electron chi connectivity index (χ4n) is 2.77. The van der Waals surface area contributed by atoms with E-state index in [0.717, 1.165) is 16.8 Å². The molecule has 1 fully saturated rings. The smallest absolute Gasteiger partial charge is 0.132 e. The highest BCUT2D eigenvalue weighted by molar-refractivity contribution is 9.10. The highest BCUT2D eigenvalue weighted by Crippen LogP contribution is 2.36. The van der Waals surface area contributed by atoms with Crippen molar-refractivity contribution in [1.29, 1.82) is 0 Å². The molecule has 0 bridgehead atoms. The van der Waals surface area contributed by atoms with Crippen molar-refractivity contribution < 1.29 is 0 Å². The van der Waals surface area contributed by atoms with E-state index < -0.39 is 0 Å². The van der Waals surface area contributed by atoms with Crippen molar-refractivity contribution in [3.8, 4) is 0 Å². The summed E-state index contributed by atoms with van der Waals surface area (Å²) in [6, 6.07) is 6.69. The van der Waals surface area contributed by atoms with Crippen LogP contribution >= 0.6 is 15.9 Å². The molecule has 1 aliphatic rings. The van der Waals surface area contributed by atoms with Gasteiger partial charge in [-0.3, -0.25) is 4.98 Å². The van der Waals surface area contributed by atoms with Gasteiger partial charge >= 0.3 is 0 Å². The van der Waals surface area contributed by atoms with Gasteiger partial charge in [-0.05, 0) is 59.0 Å². The van der Waals surface area contributed by atoms with Crippen LogP contribution in [-0.4, -0.2) is 16.5 Å². The normalized spacial score (nSPS) is 18.8. The molecule has 3 nitrogen and oxygen atoms in total. The number of pyridine rings is 2. The molecule has 0 radical (unpaired) electrons. The molecule has 0 N–H and O–H groups in total. The van der Waals surface area contributed by atoms with E-state index in [2.05, 4.69) is 49.9 Å². The average molecular weight is 318 g/mol. The molecule has 1 saturated heterocycles. The third-order valence-electron chi connectivity index (χ3n) is 3.61. The van der Waals surface area contributed by atoms with Crippen molar-refractivity contribution in [1.82, 2.24) is 9.97 Å². The first-order valence-corrected chi connectivity index (χ1v) is 7.34. The van der Waals surface area contributed by atoms with E-state index in [1.807, 2.05) is 24.7 Å². The van der Waals surface area contributed by atoms with Crippen LogP contribution in [0.5, 0.6) is 0 Å². The molecule has 19 heavy (non-hydrogen) atoms. The molecule has 1 unspecified atom stereocenters. The lowest BCUT2D eigenvalue weighted by molar-refractivity contribution is 0.706. The standard InChI is InChI=1S/C15H16BrN3/c1-11-8-13(16)10-18-15(11)19-7-3-5-14(19)12-4-2-6-17-9-12/h2,4,6,8-10,14H,3,5,7H2,1H3. The molecule has 0 aromatic carbocycles. The molecule has 3 rings (SSSR count). The first kappa shape index (κ1) is 12.6. The van der Waals surface area contributed by atoms with Crippen LogP contribution in [0.15, 0.2) is 41.3 Å². The maximum Gasteiger partial charge on any atom is 0.132 e. The number of nitrogens with zero attached hydrogens (tertiary/aromatic N) is 3. The summed E-state index contributed by atoms with van der Waals surface area (Å²) in [4.78, 5) is 11.2. The Balaban J connectivity index is 1.95. The summed E-state index contributed by atoms with van der Waals surface area (Å²) in [5.74, 6) is 1.09. The number of halogens is 1. The Hall–Kier alpha value is -1.42. The highest BCUT2D eigenvalue weighted by atomic mass is 79.9.